The molecule has 0 spiro atoms. The van der Waals surface area contributed by atoms with Crippen LogP contribution in [0, 0.1) is 11.8 Å². The van der Waals surface area contributed by atoms with Crippen molar-refractivity contribution in [3.8, 4) is 0 Å². The molecular weight excluding hydrogens is 264 g/mol. The van der Waals surface area contributed by atoms with Gasteiger partial charge in [0.15, 0.2) is 0 Å². The van der Waals surface area contributed by atoms with Gasteiger partial charge in [-0.15, -0.1) is 0 Å². The largest absolute Gasteiger partial charge is 0.388 e. The second-order valence-corrected chi connectivity index (χ2v) is 4.37. The molecule has 0 bridgehead atoms. The molecule has 1 heterocycles. The highest BCUT2D eigenvalue weighted by molar-refractivity contribution is 5.16. The topological polar surface area (TPSA) is 42.4 Å². The van der Waals surface area contributed by atoms with Gasteiger partial charge in [0.25, 0.3) is 0 Å². The van der Waals surface area contributed by atoms with E-state index in [9.17, 15) is 13.9 Å². The number of ether oxygens (including phenoxy) is 1. The molecule has 0 amide bonds. The molecule has 2 aromatic rings. The summed E-state index contributed by atoms with van der Waals surface area (Å²) in [5, 5.41) is 9.81. The first kappa shape index (κ1) is 14.6. The number of halogens is 2. The number of aliphatic hydroxyl groups excluding tert-OH is 1. The zero-order chi connectivity index (χ0) is 14.4. The Hall–Kier alpha value is -1.85. The average molecular weight is 279 g/mol. The lowest BCUT2D eigenvalue weighted by molar-refractivity contribution is 0.0717. The van der Waals surface area contributed by atoms with Gasteiger partial charge in [-0.05, 0) is 5.56 Å². The monoisotopic (exact) mass is 279 g/mol. The summed E-state index contributed by atoms with van der Waals surface area (Å²) >= 11 is 0. The predicted molar refractivity (Wildman–Crippen MR) is 69.8 cm³/mol. The third-order valence-corrected chi connectivity index (χ3v) is 2.86. The number of aromatic nitrogens is 1. The molecule has 1 atom stereocenters. The molecule has 0 fully saturated rings. The van der Waals surface area contributed by atoms with Gasteiger partial charge in [-0.3, -0.25) is 0 Å². The number of aliphatic hydroxyl groups is 1. The third-order valence-electron chi connectivity index (χ3n) is 2.86. The Morgan fingerprint density at radius 3 is 2.70 bits per heavy atom. The van der Waals surface area contributed by atoms with Crippen LogP contribution in [-0.4, -0.2) is 16.7 Å². The minimum Gasteiger partial charge on any atom is -0.388 e. The fraction of sp³-hybridized carbons (Fsp3) is 0.267. The Kier molecular flexibility index (Phi) is 5.15. The van der Waals surface area contributed by atoms with E-state index in [0.717, 1.165) is 17.8 Å². The smallest absolute Gasteiger partial charge is 0.213 e. The fourth-order valence-corrected chi connectivity index (χ4v) is 1.80. The minimum absolute atomic E-state index is 0.0965. The minimum atomic E-state index is -1.11. The summed E-state index contributed by atoms with van der Waals surface area (Å²) in [5.41, 5.74) is 0.920. The molecule has 0 radical (unpaired) electrons. The van der Waals surface area contributed by atoms with E-state index in [1.54, 1.807) is 0 Å². The van der Waals surface area contributed by atoms with Crippen molar-refractivity contribution in [1.29, 1.82) is 0 Å². The van der Waals surface area contributed by atoms with Crippen molar-refractivity contribution in [3.05, 3.63) is 65.5 Å². The summed E-state index contributed by atoms with van der Waals surface area (Å²) in [6.45, 7) is 0.667. The van der Waals surface area contributed by atoms with Gasteiger partial charge in [0.1, 0.15) is 5.82 Å². The van der Waals surface area contributed by atoms with Gasteiger partial charge < -0.3 is 9.84 Å². The molecule has 3 nitrogen and oxygen atoms in total. The van der Waals surface area contributed by atoms with Crippen molar-refractivity contribution in [2.24, 2.45) is 0 Å². The Bertz CT molecular complexity index is 549. The zero-order valence-corrected chi connectivity index (χ0v) is 10.8. The first-order chi connectivity index (χ1) is 9.66. The van der Waals surface area contributed by atoms with E-state index in [2.05, 4.69) is 4.98 Å². The van der Waals surface area contributed by atoms with Gasteiger partial charge >= 0.3 is 0 Å². The molecular formula is C15H15F2NO2. The lowest BCUT2D eigenvalue weighted by atomic mass is 10.1. The Balaban J connectivity index is 1.80. The average Bonchev–Trinajstić information content (AvgIpc) is 2.47. The quantitative estimate of drug-likeness (QED) is 0.653. The molecule has 106 valence electrons. The fourth-order valence-electron chi connectivity index (χ4n) is 1.80. The summed E-state index contributed by atoms with van der Waals surface area (Å²) in [6.07, 6.45) is -0.158. The molecule has 1 aromatic carbocycles. The van der Waals surface area contributed by atoms with Gasteiger partial charge in [0, 0.05) is 24.7 Å². The highest BCUT2D eigenvalue weighted by atomic mass is 19.1. The molecule has 20 heavy (non-hydrogen) atoms. The second-order valence-electron chi connectivity index (χ2n) is 4.37. The summed E-state index contributed by atoms with van der Waals surface area (Å²) < 4.78 is 31.7. The maximum Gasteiger partial charge on any atom is 0.213 e. The van der Waals surface area contributed by atoms with Crippen molar-refractivity contribution in [3.63, 3.8) is 0 Å². The van der Waals surface area contributed by atoms with Gasteiger partial charge in [-0.25, -0.2) is 9.37 Å². The maximum atomic E-state index is 13.4. The SMILES string of the molecule is OC(CCOCc1ccccc1)c1cc(F)ncc1F. The van der Waals surface area contributed by atoms with E-state index in [-0.39, 0.29) is 18.6 Å². The van der Waals surface area contributed by atoms with Crippen LogP contribution in [0.1, 0.15) is 23.7 Å². The third kappa shape index (κ3) is 4.08. The van der Waals surface area contributed by atoms with Crippen LogP contribution in [-0.2, 0) is 11.3 Å². The van der Waals surface area contributed by atoms with E-state index in [1.165, 1.54) is 0 Å². The standard InChI is InChI=1S/C15H15F2NO2/c16-13-9-18-15(17)8-12(13)14(19)6-7-20-10-11-4-2-1-3-5-11/h1-5,8-9,14,19H,6-7,10H2. The molecule has 1 unspecified atom stereocenters. The van der Waals surface area contributed by atoms with E-state index in [4.69, 9.17) is 4.74 Å². The van der Waals surface area contributed by atoms with Crippen LogP contribution < -0.4 is 0 Å². The number of pyridine rings is 1. The molecule has 0 aliphatic carbocycles. The van der Waals surface area contributed by atoms with Crippen LogP contribution in [0.3, 0.4) is 0 Å². The van der Waals surface area contributed by atoms with E-state index in [1.807, 2.05) is 30.3 Å². The Morgan fingerprint density at radius 1 is 1.20 bits per heavy atom. The molecule has 1 N–H and O–H groups in total. The van der Waals surface area contributed by atoms with Crippen LogP contribution in [0.2, 0.25) is 0 Å². The van der Waals surface area contributed by atoms with Crippen molar-refractivity contribution >= 4 is 0 Å². The maximum absolute atomic E-state index is 13.4. The van der Waals surface area contributed by atoms with Gasteiger partial charge in [-0.2, -0.15) is 4.39 Å². The van der Waals surface area contributed by atoms with Crippen LogP contribution in [0.5, 0.6) is 0 Å². The lowest BCUT2D eigenvalue weighted by Gasteiger charge is -2.12. The van der Waals surface area contributed by atoms with Crippen LogP contribution in [0.25, 0.3) is 0 Å². The van der Waals surface area contributed by atoms with Crippen LogP contribution in [0.4, 0.5) is 8.78 Å². The molecule has 0 saturated carbocycles. The normalized spacial score (nSPS) is 12.3. The number of rotatable bonds is 6. The van der Waals surface area contributed by atoms with Crippen LogP contribution in [0.15, 0.2) is 42.6 Å². The summed E-state index contributed by atoms with van der Waals surface area (Å²) in [6, 6.07) is 10.5. The number of hydrogen-bond acceptors (Lipinski definition) is 3. The zero-order valence-electron chi connectivity index (χ0n) is 10.8. The summed E-state index contributed by atoms with van der Waals surface area (Å²) in [7, 11) is 0. The van der Waals surface area contributed by atoms with E-state index >= 15 is 0 Å². The molecule has 0 aliphatic heterocycles. The number of hydrogen-bond donors (Lipinski definition) is 1. The van der Waals surface area contributed by atoms with Gasteiger partial charge in [-0.1, -0.05) is 30.3 Å². The highest BCUT2D eigenvalue weighted by Crippen LogP contribution is 2.20. The number of nitrogens with zero attached hydrogens (tertiary/aromatic N) is 1. The molecule has 0 aliphatic rings. The number of benzene rings is 1. The molecule has 5 heteroatoms. The first-order valence-electron chi connectivity index (χ1n) is 6.27. The van der Waals surface area contributed by atoms with Crippen molar-refractivity contribution < 1.29 is 18.6 Å². The Morgan fingerprint density at radius 2 is 1.95 bits per heavy atom. The van der Waals surface area contributed by atoms with Gasteiger partial charge in [0.05, 0.1) is 18.9 Å². The first-order valence-corrected chi connectivity index (χ1v) is 6.27. The highest BCUT2D eigenvalue weighted by Gasteiger charge is 2.14. The van der Waals surface area contributed by atoms with Gasteiger partial charge in [0.2, 0.25) is 5.95 Å². The molecule has 0 saturated heterocycles. The van der Waals surface area contributed by atoms with Crippen molar-refractivity contribution in [2.75, 3.05) is 6.61 Å². The molecule has 1 aromatic heterocycles. The predicted octanol–water partition coefficient (Wildman–Crippen LogP) is 3.00. The second kappa shape index (κ2) is 7.07. The lowest BCUT2D eigenvalue weighted by Crippen LogP contribution is -2.06. The van der Waals surface area contributed by atoms with Crippen LogP contribution >= 0.6 is 0 Å². The van der Waals surface area contributed by atoms with Crippen molar-refractivity contribution in [1.82, 2.24) is 4.98 Å². The van der Waals surface area contributed by atoms with Crippen molar-refractivity contribution in [2.45, 2.75) is 19.1 Å². The van der Waals surface area contributed by atoms with E-state index < -0.39 is 17.9 Å². The molecule has 2 rings (SSSR count). The summed E-state index contributed by atoms with van der Waals surface area (Å²) in [5.74, 6) is -1.53. The van der Waals surface area contributed by atoms with E-state index in [0.29, 0.717) is 6.61 Å². The summed E-state index contributed by atoms with van der Waals surface area (Å²) in [4.78, 5) is 3.17. The Labute approximate surface area is 115 Å².